The van der Waals surface area contributed by atoms with Gasteiger partial charge in [0.05, 0.1) is 0 Å². The molecule has 0 spiro atoms. The average Bonchev–Trinajstić information content (AvgIpc) is 2.49. The predicted octanol–water partition coefficient (Wildman–Crippen LogP) is 2.10. The Morgan fingerprint density at radius 3 is 3.00 bits per heavy atom. The molecule has 0 unspecified atom stereocenters. The van der Waals surface area contributed by atoms with Crippen LogP contribution in [-0.4, -0.2) is 10.1 Å². The summed E-state index contributed by atoms with van der Waals surface area (Å²) in [6, 6.07) is 5.16. The van der Waals surface area contributed by atoms with E-state index in [0.29, 0.717) is 17.0 Å². The molecule has 3 heteroatoms. The molecule has 2 aromatic rings. The van der Waals surface area contributed by atoms with Crippen LogP contribution < -0.4 is 0 Å². The van der Waals surface area contributed by atoms with Crippen LogP contribution >= 0.6 is 0 Å². The van der Waals surface area contributed by atoms with Crippen molar-refractivity contribution >= 4 is 11.1 Å². The zero-order chi connectivity index (χ0) is 8.55. The van der Waals surface area contributed by atoms with E-state index < -0.39 is 0 Å². The van der Waals surface area contributed by atoms with E-state index in [-0.39, 0.29) is 5.75 Å². The second-order valence-electron chi connectivity index (χ2n) is 2.59. The number of phenols is 1. The van der Waals surface area contributed by atoms with Crippen molar-refractivity contribution in [2.45, 2.75) is 13.3 Å². The summed E-state index contributed by atoms with van der Waals surface area (Å²) in [5, 5.41) is 9.35. The molecule has 0 aliphatic carbocycles. The third-order valence-electron chi connectivity index (χ3n) is 1.74. The van der Waals surface area contributed by atoms with Crippen LogP contribution in [0.25, 0.3) is 11.1 Å². The summed E-state index contributed by atoms with van der Waals surface area (Å²) in [5.41, 5.74) is 1.20. The fourth-order valence-electron chi connectivity index (χ4n) is 1.13. The lowest BCUT2D eigenvalue weighted by Gasteiger charge is -1.88. The van der Waals surface area contributed by atoms with Crippen LogP contribution in [0.3, 0.4) is 0 Å². The van der Waals surface area contributed by atoms with Crippen LogP contribution in [0.1, 0.15) is 12.8 Å². The van der Waals surface area contributed by atoms with Crippen molar-refractivity contribution in [1.29, 1.82) is 0 Å². The Labute approximate surface area is 69.7 Å². The van der Waals surface area contributed by atoms with Gasteiger partial charge in [-0.05, 0) is 12.1 Å². The molecule has 1 aromatic heterocycles. The summed E-state index contributed by atoms with van der Waals surface area (Å²) in [6.07, 6.45) is 0.744. The number of rotatable bonds is 1. The van der Waals surface area contributed by atoms with Gasteiger partial charge in [-0.25, -0.2) is 4.98 Å². The Balaban J connectivity index is 2.74. The van der Waals surface area contributed by atoms with Crippen LogP contribution in [0.2, 0.25) is 0 Å². The van der Waals surface area contributed by atoms with Crippen molar-refractivity contribution in [1.82, 2.24) is 4.98 Å². The number of phenolic OH excluding ortho intramolecular Hbond substituents is 1. The molecule has 1 N–H and O–H groups in total. The number of aromatic nitrogens is 1. The molecule has 0 aliphatic rings. The molecule has 1 heterocycles. The van der Waals surface area contributed by atoms with Gasteiger partial charge in [0, 0.05) is 6.42 Å². The van der Waals surface area contributed by atoms with Gasteiger partial charge in [-0.1, -0.05) is 13.0 Å². The molecule has 1 aromatic carbocycles. The Bertz CT molecular complexity index is 406. The van der Waals surface area contributed by atoms with E-state index in [9.17, 15) is 5.11 Å². The lowest BCUT2D eigenvalue weighted by molar-refractivity contribution is 0.456. The molecule has 0 amide bonds. The molecular formula is C9H9NO2. The van der Waals surface area contributed by atoms with E-state index in [1.807, 2.05) is 13.0 Å². The normalized spacial score (nSPS) is 10.8. The number of hydrogen-bond acceptors (Lipinski definition) is 3. The highest BCUT2D eigenvalue weighted by Crippen LogP contribution is 2.24. The Kier molecular flexibility index (Phi) is 1.50. The van der Waals surface area contributed by atoms with Crippen molar-refractivity contribution in [3.8, 4) is 5.75 Å². The molecule has 0 bridgehead atoms. The molecule has 12 heavy (non-hydrogen) atoms. The number of fused-ring (bicyclic) bond motifs is 1. The summed E-state index contributed by atoms with van der Waals surface area (Å²) in [6.45, 7) is 1.96. The molecule has 0 saturated heterocycles. The van der Waals surface area contributed by atoms with E-state index in [2.05, 4.69) is 4.98 Å². The monoisotopic (exact) mass is 163 g/mol. The fourth-order valence-corrected chi connectivity index (χ4v) is 1.13. The van der Waals surface area contributed by atoms with Gasteiger partial charge in [-0.3, -0.25) is 0 Å². The zero-order valence-corrected chi connectivity index (χ0v) is 6.74. The highest BCUT2D eigenvalue weighted by molar-refractivity contribution is 5.78. The van der Waals surface area contributed by atoms with Crippen molar-refractivity contribution in [3.63, 3.8) is 0 Å². The van der Waals surface area contributed by atoms with Gasteiger partial charge >= 0.3 is 0 Å². The van der Waals surface area contributed by atoms with Crippen LogP contribution in [0.5, 0.6) is 5.75 Å². The number of hydrogen-bond donors (Lipinski definition) is 1. The first-order chi connectivity index (χ1) is 5.81. The maximum absolute atomic E-state index is 9.35. The van der Waals surface area contributed by atoms with Gasteiger partial charge in [0.25, 0.3) is 0 Å². The highest BCUT2D eigenvalue weighted by Gasteiger charge is 2.06. The lowest BCUT2D eigenvalue weighted by atomic mass is 10.3. The van der Waals surface area contributed by atoms with Crippen LogP contribution in [-0.2, 0) is 6.42 Å². The first-order valence-electron chi connectivity index (χ1n) is 3.88. The van der Waals surface area contributed by atoms with E-state index in [1.54, 1.807) is 12.1 Å². The number of nitrogens with zero attached hydrogens (tertiary/aromatic N) is 1. The zero-order valence-electron chi connectivity index (χ0n) is 6.74. The predicted molar refractivity (Wildman–Crippen MR) is 45.1 cm³/mol. The van der Waals surface area contributed by atoms with E-state index >= 15 is 0 Å². The van der Waals surface area contributed by atoms with E-state index in [0.717, 1.165) is 6.42 Å². The summed E-state index contributed by atoms with van der Waals surface area (Å²) >= 11 is 0. The van der Waals surface area contributed by atoms with Gasteiger partial charge < -0.3 is 9.52 Å². The third-order valence-corrected chi connectivity index (χ3v) is 1.74. The van der Waals surface area contributed by atoms with Gasteiger partial charge in [0.2, 0.25) is 0 Å². The number of oxazole rings is 1. The van der Waals surface area contributed by atoms with Gasteiger partial charge in [0.15, 0.2) is 17.2 Å². The second kappa shape index (κ2) is 2.52. The highest BCUT2D eigenvalue weighted by atomic mass is 16.4. The molecular weight excluding hydrogens is 154 g/mol. The quantitative estimate of drug-likeness (QED) is 0.700. The van der Waals surface area contributed by atoms with Crippen molar-refractivity contribution < 1.29 is 9.52 Å². The SMILES string of the molecule is CCc1nc2cccc(O)c2o1. The number of para-hydroxylation sites is 1. The summed E-state index contributed by atoms with van der Waals surface area (Å²) in [4.78, 5) is 4.17. The Morgan fingerprint density at radius 2 is 2.33 bits per heavy atom. The van der Waals surface area contributed by atoms with Gasteiger partial charge in [-0.2, -0.15) is 0 Å². The molecule has 2 rings (SSSR count). The van der Waals surface area contributed by atoms with Gasteiger partial charge in [0.1, 0.15) is 5.52 Å². The van der Waals surface area contributed by atoms with Crippen molar-refractivity contribution in [2.24, 2.45) is 0 Å². The lowest BCUT2D eigenvalue weighted by Crippen LogP contribution is -1.74. The fraction of sp³-hybridized carbons (Fsp3) is 0.222. The van der Waals surface area contributed by atoms with Gasteiger partial charge in [-0.15, -0.1) is 0 Å². The minimum absolute atomic E-state index is 0.153. The topological polar surface area (TPSA) is 46.3 Å². The molecule has 3 nitrogen and oxygen atoms in total. The Hall–Kier alpha value is -1.51. The van der Waals surface area contributed by atoms with Crippen molar-refractivity contribution in [3.05, 3.63) is 24.1 Å². The van der Waals surface area contributed by atoms with E-state index in [1.165, 1.54) is 0 Å². The second-order valence-corrected chi connectivity index (χ2v) is 2.59. The van der Waals surface area contributed by atoms with Crippen LogP contribution in [0, 0.1) is 0 Å². The summed E-state index contributed by atoms with van der Waals surface area (Å²) in [5.74, 6) is 0.811. The minimum atomic E-state index is 0.153. The maximum Gasteiger partial charge on any atom is 0.196 e. The average molecular weight is 163 g/mol. The molecule has 0 fully saturated rings. The summed E-state index contributed by atoms with van der Waals surface area (Å²) in [7, 11) is 0. The maximum atomic E-state index is 9.35. The van der Waals surface area contributed by atoms with E-state index in [4.69, 9.17) is 4.42 Å². The van der Waals surface area contributed by atoms with Crippen LogP contribution in [0.15, 0.2) is 22.6 Å². The molecule has 0 radical (unpaired) electrons. The third kappa shape index (κ3) is 0.942. The van der Waals surface area contributed by atoms with Crippen LogP contribution in [0.4, 0.5) is 0 Å². The molecule has 62 valence electrons. The number of benzene rings is 1. The molecule has 0 aliphatic heterocycles. The Morgan fingerprint density at radius 1 is 1.50 bits per heavy atom. The first-order valence-corrected chi connectivity index (χ1v) is 3.88. The first kappa shape index (κ1) is 7.16. The smallest absolute Gasteiger partial charge is 0.196 e. The number of aromatic hydroxyl groups is 1. The largest absolute Gasteiger partial charge is 0.504 e. The summed E-state index contributed by atoms with van der Waals surface area (Å²) < 4.78 is 5.29. The molecule has 0 saturated carbocycles. The minimum Gasteiger partial charge on any atom is -0.504 e. The number of aryl methyl sites for hydroxylation is 1. The van der Waals surface area contributed by atoms with Crippen molar-refractivity contribution in [2.75, 3.05) is 0 Å². The standard InChI is InChI=1S/C9H9NO2/c1-2-8-10-6-4-3-5-7(11)9(6)12-8/h3-5,11H,2H2,1H3. The molecule has 0 atom stereocenters.